The van der Waals surface area contributed by atoms with Crippen LogP contribution in [0.15, 0.2) is 72.0 Å². The summed E-state index contributed by atoms with van der Waals surface area (Å²) in [5.41, 5.74) is 4.97. The van der Waals surface area contributed by atoms with Crippen molar-refractivity contribution in [2.75, 3.05) is 32.7 Å². The number of methoxy groups -OCH3 is 1. The van der Waals surface area contributed by atoms with Crippen LogP contribution in [-0.4, -0.2) is 44.5 Å². The number of hydroxylamine groups is 2. The molecule has 0 aliphatic carbocycles. The van der Waals surface area contributed by atoms with Crippen molar-refractivity contribution in [3.8, 4) is 5.75 Å². The van der Waals surface area contributed by atoms with Crippen LogP contribution in [-0.2, 0) is 4.84 Å². The van der Waals surface area contributed by atoms with Crippen LogP contribution in [0.3, 0.4) is 0 Å². The number of nitrogens with zero attached hydrogens (tertiary/aromatic N) is 3. The van der Waals surface area contributed by atoms with Crippen LogP contribution in [0.4, 0.5) is 5.69 Å². The van der Waals surface area contributed by atoms with E-state index in [1.165, 1.54) is 11.5 Å². The summed E-state index contributed by atoms with van der Waals surface area (Å²) >= 11 is 0. The molecule has 2 aromatic rings. The van der Waals surface area contributed by atoms with Crippen LogP contribution in [0, 0.1) is 13.8 Å². The molecule has 0 saturated carbocycles. The van der Waals surface area contributed by atoms with E-state index in [0.29, 0.717) is 28.4 Å². The summed E-state index contributed by atoms with van der Waals surface area (Å²) in [6, 6.07) is 13.2. The zero-order chi connectivity index (χ0) is 27.8. The zero-order valence-corrected chi connectivity index (χ0v) is 23.9. The Morgan fingerprint density at radius 3 is 2.11 bits per heavy atom. The molecule has 0 heterocycles. The SMILES string of the molecule is C=C(N=C(C)CN(C(=O)c1ccccc1C)c1ccc(C)c(OC)c1)C(=C)N(C)OC.CC.CCC. The number of hydrogen-bond donors (Lipinski definition) is 0. The van der Waals surface area contributed by atoms with E-state index >= 15 is 0 Å². The Morgan fingerprint density at radius 1 is 1.00 bits per heavy atom. The van der Waals surface area contributed by atoms with Crippen LogP contribution < -0.4 is 9.64 Å². The molecule has 0 atom stereocenters. The number of carbonyl (C=O) groups is 1. The van der Waals surface area contributed by atoms with Gasteiger partial charge in [0.2, 0.25) is 0 Å². The Kier molecular flexibility index (Phi) is 15.5. The number of benzene rings is 2. The quantitative estimate of drug-likeness (QED) is 0.207. The average Bonchev–Trinajstić information content (AvgIpc) is 2.88. The minimum Gasteiger partial charge on any atom is -0.496 e. The van der Waals surface area contributed by atoms with Gasteiger partial charge < -0.3 is 9.64 Å². The third kappa shape index (κ3) is 9.70. The van der Waals surface area contributed by atoms with E-state index in [1.54, 1.807) is 26.2 Å². The largest absolute Gasteiger partial charge is 0.496 e. The van der Waals surface area contributed by atoms with Gasteiger partial charge in [0.1, 0.15) is 5.75 Å². The van der Waals surface area contributed by atoms with Crippen LogP contribution in [0.25, 0.3) is 0 Å². The second kappa shape index (κ2) is 17.1. The molecule has 2 aromatic carbocycles. The van der Waals surface area contributed by atoms with Crippen molar-refractivity contribution < 1.29 is 14.4 Å². The molecule has 0 saturated heterocycles. The first kappa shape index (κ1) is 32.6. The Labute approximate surface area is 218 Å². The molecule has 0 aliphatic heterocycles. The molecule has 0 aromatic heterocycles. The van der Waals surface area contributed by atoms with E-state index in [0.717, 1.165) is 16.8 Å². The maximum atomic E-state index is 13.5. The van der Waals surface area contributed by atoms with E-state index in [2.05, 4.69) is 32.0 Å². The van der Waals surface area contributed by atoms with Gasteiger partial charge in [0, 0.05) is 30.1 Å². The highest BCUT2D eigenvalue weighted by Gasteiger charge is 2.21. The molecule has 0 fully saturated rings. The molecule has 2 rings (SSSR count). The fourth-order valence-electron chi connectivity index (χ4n) is 3.07. The molecular formula is C30H45N3O3. The second-order valence-corrected chi connectivity index (χ2v) is 7.99. The molecular weight excluding hydrogens is 450 g/mol. The van der Waals surface area contributed by atoms with Gasteiger partial charge >= 0.3 is 0 Å². The number of aryl methyl sites for hydroxylation is 2. The van der Waals surface area contributed by atoms with Crippen molar-refractivity contribution in [1.82, 2.24) is 5.06 Å². The summed E-state index contributed by atoms with van der Waals surface area (Å²) in [6.07, 6.45) is 1.25. The minimum absolute atomic E-state index is 0.114. The first-order valence-electron chi connectivity index (χ1n) is 12.3. The Hall–Kier alpha value is -3.38. The summed E-state index contributed by atoms with van der Waals surface area (Å²) in [6.45, 7) is 22.2. The average molecular weight is 496 g/mol. The summed E-state index contributed by atoms with van der Waals surface area (Å²) < 4.78 is 5.47. The topological polar surface area (TPSA) is 54.4 Å². The van der Waals surface area contributed by atoms with Crippen molar-refractivity contribution in [2.45, 2.75) is 54.9 Å². The van der Waals surface area contributed by atoms with Crippen molar-refractivity contribution in [3.63, 3.8) is 0 Å². The smallest absolute Gasteiger partial charge is 0.258 e. The van der Waals surface area contributed by atoms with Crippen LogP contribution in [0.5, 0.6) is 5.75 Å². The number of ether oxygens (including phenoxy) is 1. The van der Waals surface area contributed by atoms with Gasteiger partial charge in [0.15, 0.2) is 0 Å². The Balaban J connectivity index is 0.00000227. The zero-order valence-electron chi connectivity index (χ0n) is 23.9. The van der Waals surface area contributed by atoms with Crippen molar-refractivity contribution >= 4 is 17.3 Å². The van der Waals surface area contributed by atoms with Gasteiger partial charge in [-0.05, 0) is 44.0 Å². The number of anilines is 1. The molecule has 6 nitrogen and oxygen atoms in total. The van der Waals surface area contributed by atoms with Crippen molar-refractivity contribution in [1.29, 1.82) is 0 Å². The molecule has 0 spiro atoms. The normalized spacial score (nSPS) is 10.2. The molecule has 0 unspecified atom stereocenters. The summed E-state index contributed by atoms with van der Waals surface area (Å²) in [5, 5.41) is 1.49. The molecule has 36 heavy (non-hydrogen) atoms. The van der Waals surface area contributed by atoms with Gasteiger partial charge in [-0.1, -0.05) is 71.5 Å². The molecule has 6 heteroatoms. The number of aliphatic imine (C=N–C) groups is 1. The molecule has 1 amide bonds. The lowest BCUT2D eigenvalue weighted by Gasteiger charge is -2.25. The third-order valence-electron chi connectivity index (χ3n) is 5.02. The monoisotopic (exact) mass is 495 g/mol. The lowest BCUT2D eigenvalue weighted by molar-refractivity contribution is -0.0744. The molecule has 0 radical (unpaired) electrons. The number of carbonyl (C=O) groups excluding carboxylic acids is 1. The number of likely N-dealkylation sites (N-methyl/N-ethyl adjacent to an activating group) is 1. The molecule has 0 N–H and O–H groups in total. The molecule has 198 valence electrons. The number of amides is 1. The maximum absolute atomic E-state index is 13.5. The maximum Gasteiger partial charge on any atom is 0.258 e. The Morgan fingerprint density at radius 2 is 1.58 bits per heavy atom. The highest BCUT2D eigenvalue weighted by Crippen LogP contribution is 2.27. The fraction of sp³-hybridized carbons (Fsp3) is 0.400. The highest BCUT2D eigenvalue weighted by atomic mass is 16.7. The second-order valence-electron chi connectivity index (χ2n) is 7.99. The lowest BCUT2D eigenvalue weighted by Crippen LogP contribution is -2.35. The van der Waals surface area contributed by atoms with Crippen LogP contribution in [0.2, 0.25) is 0 Å². The molecule has 0 aliphatic rings. The fourth-order valence-corrected chi connectivity index (χ4v) is 3.07. The van der Waals surface area contributed by atoms with Gasteiger partial charge in [0.05, 0.1) is 32.2 Å². The van der Waals surface area contributed by atoms with Crippen molar-refractivity contribution in [3.05, 3.63) is 83.7 Å². The summed E-state index contributed by atoms with van der Waals surface area (Å²) in [5.74, 6) is 0.603. The summed E-state index contributed by atoms with van der Waals surface area (Å²) in [4.78, 5) is 24.9. The van der Waals surface area contributed by atoms with Crippen molar-refractivity contribution in [2.24, 2.45) is 4.99 Å². The standard InChI is InChI=1S/C25H31N3O3.C3H8.C2H6/c1-17-11-9-10-12-23(17)25(29)28(22-14-13-18(2)24(15-22)30-7)16-19(3)26-20(4)21(5)27(6)31-8;1-3-2;1-2/h9-15H,4-5,16H2,1-3,6-8H3;3H2,1-2H3;1-2H3. The van der Waals surface area contributed by atoms with Gasteiger partial charge in [-0.25, -0.2) is 0 Å². The van der Waals surface area contributed by atoms with Crippen LogP contribution >= 0.6 is 0 Å². The third-order valence-corrected chi connectivity index (χ3v) is 5.02. The highest BCUT2D eigenvalue weighted by molar-refractivity contribution is 6.10. The Bertz CT molecular complexity index is 1030. The molecule has 0 bridgehead atoms. The van der Waals surface area contributed by atoms with E-state index in [9.17, 15) is 4.79 Å². The van der Waals surface area contributed by atoms with Gasteiger partial charge in [0.25, 0.3) is 5.91 Å². The minimum atomic E-state index is -0.114. The van der Waals surface area contributed by atoms with Gasteiger partial charge in [-0.3, -0.25) is 19.7 Å². The predicted molar refractivity (Wildman–Crippen MR) is 154 cm³/mol. The van der Waals surface area contributed by atoms with E-state index in [-0.39, 0.29) is 12.5 Å². The first-order chi connectivity index (χ1) is 17.1. The van der Waals surface area contributed by atoms with E-state index in [1.807, 2.05) is 77.1 Å². The first-order valence-corrected chi connectivity index (χ1v) is 12.3. The number of rotatable bonds is 9. The summed E-state index contributed by atoms with van der Waals surface area (Å²) in [7, 11) is 4.89. The number of hydrogen-bond acceptors (Lipinski definition) is 5. The van der Waals surface area contributed by atoms with Gasteiger partial charge in [-0.2, -0.15) is 0 Å². The lowest BCUT2D eigenvalue weighted by atomic mass is 10.1. The van der Waals surface area contributed by atoms with E-state index < -0.39 is 0 Å². The predicted octanol–water partition coefficient (Wildman–Crippen LogP) is 7.38. The van der Waals surface area contributed by atoms with E-state index in [4.69, 9.17) is 9.57 Å². The van der Waals surface area contributed by atoms with Gasteiger partial charge in [-0.15, -0.1) is 0 Å². The van der Waals surface area contributed by atoms with Crippen LogP contribution in [0.1, 0.15) is 62.5 Å².